The number of amides is 1. The Morgan fingerprint density at radius 1 is 1.23 bits per heavy atom. The van der Waals surface area contributed by atoms with Crippen LogP contribution in [0.3, 0.4) is 0 Å². The summed E-state index contributed by atoms with van der Waals surface area (Å²) in [6, 6.07) is 13.1. The minimum atomic E-state index is -0.301. The molecule has 3 rings (SSSR count). The number of ether oxygens (including phenoxy) is 2. The van der Waals surface area contributed by atoms with Crippen molar-refractivity contribution >= 4 is 39.1 Å². The summed E-state index contributed by atoms with van der Waals surface area (Å²) in [6.45, 7) is 0. The van der Waals surface area contributed by atoms with E-state index in [0.717, 1.165) is 21.3 Å². The average Bonchev–Trinajstić information content (AvgIpc) is 3.12. The highest BCUT2D eigenvalue weighted by atomic mass is 79.9. The van der Waals surface area contributed by atoms with Crippen molar-refractivity contribution in [1.29, 1.82) is 0 Å². The van der Waals surface area contributed by atoms with E-state index in [-0.39, 0.29) is 17.8 Å². The van der Waals surface area contributed by atoms with E-state index in [4.69, 9.17) is 21.1 Å². The Morgan fingerprint density at radius 3 is 2.58 bits per heavy atom. The average molecular weight is 438 g/mol. The summed E-state index contributed by atoms with van der Waals surface area (Å²) in [6.07, 6.45) is 0.563. The third kappa shape index (κ3) is 3.57. The molecule has 0 bridgehead atoms. The van der Waals surface area contributed by atoms with Gasteiger partial charge < -0.3 is 9.47 Å². The van der Waals surface area contributed by atoms with Crippen molar-refractivity contribution < 1.29 is 14.3 Å². The largest absolute Gasteiger partial charge is 0.493 e. The molecule has 1 unspecified atom stereocenters. The lowest BCUT2D eigenvalue weighted by atomic mass is 9.97. The van der Waals surface area contributed by atoms with Crippen LogP contribution in [0, 0.1) is 0 Å². The Hall–Kier alpha value is -2.05. The third-order valence-corrected chi connectivity index (χ3v) is 5.01. The zero-order valence-electron chi connectivity index (χ0n) is 14.4. The van der Waals surface area contributed by atoms with Gasteiger partial charge >= 0.3 is 0 Å². The molecule has 1 heterocycles. The Labute approximate surface area is 165 Å². The maximum Gasteiger partial charge on any atom is 0.258 e. The van der Waals surface area contributed by atoms with Gasteiger partial charge in [0.15, 0.2) is 11.5 Å². The van der Waals surface area contributed by atoms with Crippen LogP contribution in [0.5, 0.6) is 11.5 Å². The van der Waals surface area contributed by atoms with Crippen molar-refractivity contribution in [3.05, 3.63) is 58.1 Å². The molecule has 1 amide bonds. The van der Waals surface area contributed by atoms with Gasteiger partial charge in [-0.1, -0.05) is 40.2 Å². The van der Waals surface area contributed by atoms with E-state index in [9.17, 15) is 4.79 Å². The van der Waals surface area contributed by atoms with Crippen LogP contribution in [0.25, 0.3) is 0 Å². The highest BCUT2D eigenvalue weighted by molar-refractivity contribution is 9.10. The molecule has 0 fully saturated rings. The van der Waals surface area contributed by atoms with E-state index in [1.54, 1.807) is 14.2 Å². The third-order valence-electron chi connectivity index (χ3n) is 4.25. The fraction of sp³-hybridized carbons (Fsp3) is 0.263. The summed E-state index contributed by atoms with van der Waals surface area (Å²) in [4.78, 5) is 12.4. The smallest absolute Gasteiger partial charge is 0.258 e. The van der Waals surface area contributed by atoms with Gasteiger partial charge in [0.2, 0.25) is 0 Å². The first kappa shape index (κ1) is 18.7. The van der Waals surface area contributed by atoms with Crippen LogP contribution in [0.15, 0.2) is 52.0 Å². The molecule has 0 radical (unpaired) electrons. The fourth-order valence-corrected chi connectivity index (χ4v) is 3.42. The number of benzene rings is 2. The van der Waals surface area contributed by atoms with Crippen LogP contribution in [-0.2, 0) is 4.79 Å². The summed E-state index contributed by atoms with van der Waals surface area (Å²) >= 11 is 9.24. The molecule has 1 aliphatic heterocycles. The molecule has 1 atom stereocenters. The highest BCUT2D eigenvalue weighted by Crippen LogP contribution is 2.41. The SMILES string of the molecule is COc1cccc(C2CC(c3ccc(Br)cc3)=NN2C(=O)CCl)c1OC. The van der Waals surface area contributed by atoms with E-state index in [0.29, 0.717) is 17.9 Å². The highest BCUT2D eigenvalue weighted by Gasteiger charge is 2.35. The number of methoxy groups -OCH3 is 2. The Bertz CT molecular complexity index is 839. The molecule has 26 heavy (non-hydrogen) atoms. The Kier molecular flexibility index (Phi) is 5.84. The number of alkyl halides is 1. The molecular weight excluding hydrogens is 420 g/mol. The summed E-state index contributed by atoms with van der Waals surface area (Å²) in [5.41, 5.74) is 2.62. The van der Waals surface area contributed by atoms with E-state index >= 15 is 0 Å². The number of carbonyl (C=O) groups is 1. The summed E-state index contributed by atoms with van der Waals surface area (Å²) in [7, 11) is 3.17. The van der Waals surface area contributed by atoms with Crippen LogP contribution in [0.1, 0.15) is 23.6 Å². The molecule has 136 valence electrons. The number of hydrazone groups is 1. The van der Waals surface area contributed by atoms with E-state index in [1.165, 1.54) is 5.01 Å². The van der Waals surface area contributed by atoms with Crippen molar-refractivity contribution in [3.63, 3.8) is 0 Å². The van der Waals surface area contributed by atoms with Crippen molar-refractivity contribution in [2.75, 3.05) is 20.1 Å². The second-order valence-corrected chi connectivity index (χ2v) is 6.91. The predicted molar refractivity (Wildman–Crippen MR) is 105 cm³/mol. The van der Waals surface area contributed by atoms with Crippen LogP contribution in [0.4, 0.5) is 0 Å². The minimum Gasteiger partial charge on any atom is -0.493 e. The van der Waals surface area contributed by atoms with Crippen molar-refractivity contribution in [2.24, 2.45) is 5.10 Å². The van der Waals surface area contributed by atoms with Crippen LogP contribution in [0.2, 0.25) is 0 Å². The Balaban J connectivity index is 2.02. The van der Waals surface area contributed by atoms with Crippen LogP contribution >= 0.6 is 27.5 Å². The zero-order valence-corrected chi connectivity index (χ0v) is 16.8. The molecule has 0 saturated carbocycles. The first-order valence-corrected chi connectivity index (χ1v) is 9.34. The molecule has 0 N–H and O–H groups in total. The van der Waals surface area contributed by atoms with Gasteiger partial charge in [-0.2, -0.15) is 5.10 Å². The number of hydrogen-bond donors (Lipinski definition) is 0. The molecule has 7 heteroatoms. The first-order valence-electron chi connectivity index (χ1n) is 8.01. The number of para-hydroxylation sites is 1. The minimum absolute atomic E-state index is 0.139. The molecule has 1 aliphatic rings. The summed E-state index contributed by atoms with van der Waals surface area (Å²) in [5.74, 6) is 0.813. The van der Waals surface area contributed by atoms with Crippen LogP contribution in [-0.4, -0.2) is 36.7 Å². The second-order valence-electron chi connectivity index (χ2n) is 5.73. The quantitative estimate of drug-likeness (QED) is 0.652. The monoisotopic (exact) mass is 436 g/mol. The lowest BCUT2D eigenvalue weighted by Crippen LogP contribution is -2.28. The summed E-state index contributed by atoms with van der Waals surface area (Å²) in [5, 5.41) is 6.00. The topological polar surface area (TPSA) is 51.1 Å². The molecule has 0 saturated heterocycles. The zero-order chi connectivity index (χ0) is 18.7. The normalized spacial score (nSPS) is 16.4. The van der Waals surface area contributed by atoms with Crippen molar-refractivity contribution in [3.8, 4) is 11.5 Å². The molecule has 2 aromatic rings. The maximum absolute atomic E-state index is 12.4. The number of rotatable bonds is 5. The first-order chi connectivity index (χ1) is 12.6. The lowest BCUT2D eigenvalue weighted by Gasteiger charge is -2.23. The second kappa shape index (κ2) is 8.10. The number of carbonyl (C=O) groups excluding carboxylic acids is 1. The van der Waals surface area contributed by atoms with E-state index < -0.39 is 0 Å². The molecule has 0 spiro atoms. The molecule has 5 nitrogen and oxygen atoms in total. The van der Waals surface area contributed by atoms with Gasteiger partial charge in [0.25, 0.3) is 5.91 Å². The number of nitrogens with zero attached hydrogens (tertiary/aromatic N) is 2. The Morgan fingerprint density at radius 2 is 1.96 bits per heavy atom. The van der Waals surface area contributed by atoms with Crippen molar-refractivity contribution in [2.45, 2.75) is 12.5 Å². The fourth-order valence-electron chi connectivity index (χ4n) is 3.03. The van der Waals surface area contributed by atoms with Gasteiger partial charge in [0, 0.05) is 16.5 Å². The van der Waals surface area contributed by atoms with Gasteiger partial charge in [-0.05, 0) is 23.8 Å². The lowest BCUT2D eigenvalue weighted by molar-refractivity contribution is -0.130. The van der Waals surface area contributed by atoms with Gasteiger partial charge in [-0.15, -0.1) is 11.6 Å². The maximum atomic E-state index is 12.4. The van der Waals surface area contributed by atoms with Gasteiger partial charge in [0.05, 0.1) is 26.0 Å². The number of halogens is 2. The molecule has 0 aromatic heterocycles. The van der Waals surface area contributed by atoms with Gasteiger partial charge in [-0.3, -0.25) is 4.79 Å². The van der Waals surface area contributed by atoms with E-state index in [2.05, 4.69) is 21.0 Å². The predicted octanol–water partition coefficient (Wildman–Crippen LogP) is 4.38. The molecule has 2 aromatic carbocycles. The van der Waals surface area contributed by atoms with Crippen molar-refractivity contribution in [1.82, 2.24) is 5.01 Å². The molecule has 0 aliphatic carbocycles. The summed E-state index contributed by atoms with van der Waals surface area (Å²) < 4.78 is 11.9. The van der Waals surface area contributed by atoms with E-state index in [1.807, 2.05) is 42.5 Å². The van der Waals surface area contributed by atoms with Crippen LogP contribution < -0.4 is 9.47 Å². The van der Waals surface area contributed by atoms with Gasteiger partial charge in [-0.25, -0.2) is 5.01 Å². The van der Waals surface area contributed by atoms with Gasteiger partial charge in [0.1, 0.15) is 5.88 Å². The number of hydrogen-bond acceptors (Lipinski definition) is 4. The molecular formula is C19H18BrClN2O3. The standard InChI is InChI=1S/C19H18BrClN2O3/c1-25-17-5-3-4-14(19(17)26-2)16-10-15(22-23(16)18(24)11-21)12-6-8-13(20)9-7-12/h3-9,16H,10-11H2,1-2H3.